The van der Waals surface area contributed by atoms with E-state index in [-0.39, 0.29) is 29.4 Å². The number of carbonyl (C=O) groups excluding carboxylic acids is 2. The molecule has 0 bridgehead atoms. The lowest BCUT2D eigenvalue weighted by Crippen LogP contribution is -2.52. The fourth-order valence-corrected chi connectivity index (χ4v) is 5.37. The third-order valence-electron chi connectivity index (χ3n) is 7.30. The highest BCUT2D eigenvalue weighted by atomic mass is 16.7. The second-order valence-corrected chi connectivity index (χ2v) is 9.11. The fraction of sp³-hybridized carbons (Fsp3) is 0.905. The number of hydrogen-bond donors (Lipinski definition) is 2. The van der Waals surface area contributed by atoms with Crippen molar-refractivity contribution in [3.63, 3.8) is 0 Å². The monoisotopic (exact) mass is 380 g/mol. The predicted octanol–water partition coefficient (Wildman–Crippen LogP) is 3.01. The van der Waals surface area contributed by atoms with Gasteiger partial charge in [-0.2, -0.15) is 0 Å². The van der Waals surface area contributed by atoms with Crippen molar-refractivity contribution in [2.45, 2.75) is 102 Å². The van der Waals surface area contributed by atoms with Crippen molar-refractivity contribution in [2.24, 2.45) is 28.7 Å². The summed E-state index contributed by atoms with van der Waals surface area (Å²) < 4.78 is 11.6. The Morgan fingerprint density at radius 2 is 1.11 bits per heavy atom. The molecule has 0 aromatic heterocycles. The van der Waals surface area contributed by atoms with E-state index < -0.39 is 6.29 Å². The number of esters is 2. The van der Waals surface area contributed by atoms with Gasteiger partial charge in [-0.3, -0.25) is 9.59 Å². The van der Waals surface area contributed by atoms with Gasteiger partial charge in [-0.15, -0.1) is 0 Å². The molecule has 0 aromatic rings. The van der Waals surface area contributed by atoms with Crippen molar-refractivity contribution >= 4 is 11.9 Å². The van der Waals surface area contributed by atoms with E-state index in [2.05, 4.69) is 6.92 Å². The molecule has 0 atom stereocenters. The lowest BCUT2D eigenvalue weighted by atomic mass is 9.58. The van der Waals surface area contributed by atoms with Crippen LogP contribution >= 0.6 is 0 Å². The molecule has 0 spiro atoms. The molecule has 3 fully saturated rings. The Labute approximate surface area is 162 Å². The second kappa shape index (κ2) is 8.91. The van der Waals surface area contributed by atoms with E-state index >= 15 is 0 Å². The van der Waals surface area contributed by atoms with E-state index in [1.807, 2.05) is 0 Å². The number of carbonyl (C=O) groups is 2. The summed E-state index contributed by atoms with van der Waals surface area (Å²) in [6.07, 6.45) is 9.12. The molecule has 2 aliphatic carbocycles. The summed E-state index contributed by atoms with van der Waals surface area (Å²) in [6, 6.07) is 0.492. The highest BCUT2D eigenvalue weighted by Gasteiger charge is 2.52. The molecule has 3 rings (SSSR count). The molecule has 4 N–H and O–H groups in total. The van der Waals surface area contributed by atoms with Crippen molar-refractivity contribution in [3.8, 4) is 0 Å². The zero-order valence-electron chi connectivity index (χ0n) is 16.7. The Hall–Kier alpha value is -1.14. The van der Waals surface area contributed by atoms with E-state index in [9.17, 15) is 9.59 Å². The molecule has 0 aromatic carbocycles. The Morgan fingerprint density at radius 1 is 0.741 bits per heavy atom. The van der Waals surface area contributed by atoms with Crippen molar-refractivity contribution in [1.82, 2.24) is 0 Å². The van der Waals surface area contributed by atoms with Gasteiger partial charge in [0.1, 0.15) is 0 Å². The highest BCUT2D eigenvalue weighted by Crippen LogP contribution is 2.52. The van der Waals surface area contributed by atoms with Crippen molar-refractivity contribution in [1.29, 1.82) is 0 Å². The van der Waals surface area contributed by atoms with Crippen molar-refractivity contribution < 1.29 is 19.1 Å². The summed E-state index contributed by atoms with van der Waals surface area (Å²) in [5.41, 5.74) is 11.9. The number of rotatable bonds is 3. The van der Waals surface area contributed by atoms with Gasteiger partial charge in [-0.1, -0.05) is 6.92 Å². The van der Waals surface area contributed by atoms with Crippen LogP contribution in [-0.4, -0.2) is 30.3 Å². The molecule has 1 saturated heterocycles. The van der Waals surface area contributed by atoms with Crippen LogP contribution in [0.4, 0.5) is 0 Å². The summed E-state index contributed by atoms with van der Waals surface area (Å²) in [5, 5.41) is 0. The average Bonchev–Trinajstić information content (AvgIpc) is 2.73. The SMILES string of the molecule is CC(C1CCC(N)CC1)(C1CCC(N)CC1)C1OC(=O)CCCCC(=O)O1. The van der Waals surface area contributed by atoms with Crippen LogP contribution < -0.4 is 11.5 Å². The van der Waals surface area contributed by atoms with Gasteiger partial charge >= 0.3 is 11.9 Å². The molecule has 27 heavy (non-hydrogen) atoms. The van der Waals surface area contributed by atoms with Gasteiger partial charge in [-0.05, 0) is 76.0 Å². The van der Waals surface area contributed by atoms with E-state index in [0.29, 0.717) is 37.5 Å². The largest absolute Gasteiger partial charge is 0.425 e. The normalized spacial score (nSPS) is 36.6. The molecule has 1 aliphatic heterocycles. The van der Waals surface area contributed by atoms with E-state index in [4.69, 9.17) is 20.9 Å². The summed E-state index contributed by atoms with van der Waals surface area (Å²) in [5.74, 6) is 0.174. The molecule has 0 radical (unpaired) electrons. The van der Waals surface area contributed by atoms with Gasteiger partial charge in [-0.25, -0.2) is 0 Å². The molecule has 2 saturated carbocycles. The summed E-state index contributed by atoms with van der Waals surface area (Å²) in [4.78, 5) is 24.7. The topological polar surface area (TPSA) is 105 Å². The van der Waals surface area contributed by atoms with E-state index in [1.54, 1.807) is 0 Å². The minimum atomic E-state index is -0.797. The van der Waals surface area contributed by atoms with Gasteiger partial charge in [0.15, 0.2) is 0 Å². The minimum absolute atomic E-state index is 0.246. The maximum absolute atomic E-state index is 12.4. The summed E-state index contributed by atoms with van der Waals surface area (Å²) >= 11 is 0. The van der Waals surface area contributed by atoms with Crippen molar-refractivity contribution in [2.75, 3.05) is 0 Å². The van der Waals surface area contributed by atoms with E-state index in [0.717, 1.165) is 51.4 Å². The van der Waals surface area contributed by atoms with Gasteiger partial charge in [0.25, 0.3) is 6.29 Å². The van der Waals surface area contributed by atoms with Crippen LogP contribution in [-0.2, 0) is 19.1 Å². The quantitative estimate of drug-likeness (QED) is 0.729. The lowest BCUT2D eigenvalue weighted by molar-refractivity contribution is -0.232. The Morgan fingerprint density at radius 3 is 1.48 bits per heavy atom. The Bertz CT molecular complexity index is 480. The van der Waals surface area contributed by atoms with Crippen LogP contribution in [0.2, 0.25) is 0 Å². The number of nitrogens with two attached hydrogens (primary N) is 2. The number of ether oxygens (including phenoxy) is 2. The second-order valence-electron chi connectivity index (χ2n) is 9.11. The van der Waals surface area contributed by atoms with Crippen molar-refractivity contribution in [3.05, 3.63) is 0 Å². The first kappa shape index (κ1) is 20.6. The molecule has 1 heterocycles. The zero-order valence-corrected chi connectivity index (χ0v) is 16.7. The third-order valence-corrected chi connectivity index (χ3v) is 7.30. The van der Waals surface area contributed by atoms with Gasteiger partial charge in [0.2, 0.25) is 0 Å². The molecular weight excluding hydrogens is 344 g/mol. The third kappa shape index (κ3) is 4.83. The standard InChI is InChI=1S/C21H36N2O4/c1-21(14-6-10-16(22)11-7-14,15-8-12-17(23)13-9-15)20-26-18(24)4-2-3-5-19(25)27-20/h14-17,20H,2-13,22-23H2,1H3. The van der Waals surface area contributed by atoms with Crippen LogP contribution in [0.25, 0.3) is 0 Å². The fourth-order valence-electron chi connectivity index (χ4n) is 5.37. The molecule has 3 aliphatic rings. The molecule has 154 valence electrons. The Kier molecular flexibility index (Phi) is 6.79. The molecular formula is C21H36N2O4. The zero-order chi connectivity index (χ0) is 19.4. The van der Waals surface area contributed by atoms with Gasteiger partial charge in [0.05, 0.1) is 0 Å². The smallest absolute Gasteiger partial charge is 0.308 e. The maximum Gasteiger partial charge on any atom is 0.308 e. The van der Waals surface area contributed by atoms with Crippen LogP contribution in [0.5, 0.6) is 0 Å². The average molecular weight is 381 g/mol. The summed E-state index contributed by atoms with van der Waals surface area (Å²) in [6.45, 7) is 2.18. The molecule has 6 nitrogen and oxygen atoms in total. The van der Waals surface area contributed by atoms with Crippen LogP contribution in [0.1, 0.15) is 84.0 Å². The molecule has 0 unspecified atom stereocenters. The first-order valence-electron chi connectivity index (χ1n) is 10.8. The van der Waals surface area contributed by atoms with E-state index in [1.165, 1.54) is 0 Å². The maximum atomic E-state index is 12.4. The molecule has 6 heteroatoms. The summed E-state index contributed by atoms with van der Waals surface area (Å²) in [7, 11) is 0. The van der Waals surface area contributed by atoms with Gasteiger partial charge < -0.3 is 20.9 Å². The van der Waals surface area contributed by atoms with Crippen LogP contribution in [0, 0.1) is 17.3 Å². The first-order chi connectivity index (χ1) is 12.9. The predicted molar refractivity (Wildman–Crippen MR) is 102 cm³/mol. The highest BCUT2D eigenvalue weighted by molar-refractivity contribution is 5.72. The van der Waals surface area contributed by atoms with Gasteiger partial charge in [0, 0.05) is 30.3 Å². The molecule has 0 amide bonds. The minimum Gasteiger partial charge on any atom is -0.425 e. The van der Waals surface area contributed by atoms with Crippen LogP contribution in [0.3, 0.4) is 0 Å². The lowest BCUT2D eigenvalue weighted by Gasteiger charge is -2.50. The first-order valence-corrected chi connectivity index (χ1v) is 10.8. The Balaban J connectivity index is 1.88. The number of hydrogen-bond acceptors (Lipinski definition) is 6. The van der Waals surface area contributed by atoms with Crippen LogP contribution in [0.15, 0.2) is 0 Å². The number of cyclic esters (lactones) is 2.